The lowest BCUT2D eigenvalue weighted by atomic mass is 9.93. The summed E-state index contributed by atoms with van der Waals surface area (Å²) >= 11 is 4.64. The Balaban J connectivity index is 0.00000285. The molecule has 2 heterocycles. The number of carbonyl (C=O) groups excluding carboxylic acids is 3. The zero-order chi connectivity index (χ0) is 39.6. The van der Waals surface area contributed by atoms with Gasteiger partial charge in [0.1, 0.15) is 29.9 Å². The number of fused-ring (bicyclic) bond motifs is 4. The number of likely N-dealkylation sites (N-methyl/N-ethyl adjacent to an activating group) is 3. The van der Waals surface area contributed by atoms with Gasteiger partial charge in [-0.3, -0.25) is 9.59 Å². The molecule has 2 aliphatic rings. The van der Waals surface area contributed by atoms with E-state index in [0.29, 0.717) is 62.4 Å². The van der Waals surface area contributed by atoms with Gasteiger partial charge >= 0.3 is 18.2 Å². The number of nitrogens with one attached hydrogen (secondary N) is 1. The van der Waals surface area contributed by atoms with Crippen LogP contribution in [-0.4, -0.2) is 122 Å². The summed E-state index contributed by atoms with van der Waals surface area (Å²) in [5.74, 6) is -0.421. The number of anilines is 1. The number of hydrogen-bond acceptors (Lipinski definition) is 8. The normalized spacial score (nSPS) is 17.0. The Labute approximate surface area is 326 Å². The largest absolute Gasteiger partial charge is 0.492 e. The van der Waals surface area contributed by atoms with Gasteiger partial charge in [-0.05, 0) is 87.5 Å². The van der Waals surface area contributed by atoms with Crippen LogP contribution in [0.4, 0.5) is 15.3 Å². The summed E-state index contributed by atoms with van der Waals surface area (Å²) < 4.78 is 17.5. The zero-order valence-corrected chi connectivity index (χ0v) is 32.8. The first kappa shape index (κ1) is 40.9. The zero-order valence-electron chi connectivity index (χ0n) is 32.0. The minimum Gasteiger partial charge on any atom is -0.492 e. The number of aliphatic carboxylic acids is 1. The van der Waals surface area contributed by atoms with Gasteiger partial charge in [0.05, 0.1) is 11.6 Å². The van der Waals surface area contributed by atoms with Gasteiger partial charge in [0.15, 0.2) is 0 Å². The molecule has 0 bridgehead atoms. The van der Waals surface area contributed by atoms with Crippen molar-refractivity contribution in [3.8, 4) is 11.5 Å². The molecule has 4 aromatic rings. The molecule has 1 aliphatic carbocycles. The van der Waals surface area contributed by atoms with E-state index < -0.39 is 30.2 Å². The smallest absolute Gasteiger partial charge is 0.415 e. The highest BCUT2D eigenvalue weighted by Crippen LogP contribution is 2.41. The second-order valence-corrected chi connectivity index (χ2v) is 14.0. The SMILES string of the molecule is CCl.CN(C)CCOc1ccc2[nH]c(C(=O)N3CCc4c3cc(OC(=O)N(C)CCN(C)C(=O)OC3/C=C/CCC(C(=O)O)CC3)c3ccccc43)cc2c1. The average Bonchev–Trinajstić information content (AvgIpc) is 3.79. The van der Waals surface area contributed by atoms with Gasteiger partial charge in [-0.1, -0.05) is 30.3 Å². The van der Waals surface area contributed by atoms with Crippen molar-refractivity contribution in [1.82, 2.24) is 19.7 Å². The van der Waals surface area contributed by atoms with Crippen LogP contribution in [0.3, 0.4) is 0 Å². The van der Waals surface area contributed by atoms with Crippen LogP contribution in [0.15, 0.2) is 66.7 Å². The summed E-state index contributed by atoms with van der Waals surface area (Å²) in [4.78, 5) is 61.4. The Morgan fingerprint density at radius 2 is 1.62 bits per heavy atom. The molecule has 2 N–H and O–H groups in total. The first-order valence-corrected chi connectivity index (χ1v) is 19.1. The molecular formula is C41H50ClN5O8. The Morgan fingerprint density at radius 1 is 0.891 bits per heavy atom. The Bertz CT molecular complexity index is 2030. The molecule has 0 saturated heterocycles. The predicted molar refractivity (Wildman–Crippen MR) is 214 cm³/mol. The van der Waals surface area contributed by atoms with Crippen LogP contribution >= 0.6 is 11.6 Å². The fraction of sp³-hybridized carbons (Fsp3) is 0.415. The van der Waals surface area contributed by atoms with E-state index in [9.17, 15) is 24.3 Å². The van der Waals surface area contributed by atoms with Crippen molar-refractivity contribution < 1.29 is 38.5 Å². The second kappa shape index (κ2) is 18.9. The number of allylic oxidation sites excluding steroid dienone is 1. The lowest BCUT2D eigenvalue weighted by Crippen LogP contribution is -2.39. The number of carbonyl (C=O) groups is 4. The molecule has 2 unspecified atom stereocenters. The Hall–Kier alpha value is -5.27. The molecule has 14 heteroatoms. The molecular weight excluding hydrogens is 726 g/mol. The number of benzene rings is 3. The van der Waals surface area contributed by atoms with Crippen molar-refractivity contribution in [2.75, 3.05) is 72.3 Å². The molecule has 1 aliphatic heterocycles. The highest BCUT2D eigenvalue weighted by atomic mass is 35.5. The van der Waals surface area contributed by atoms with Gasteiger partial charge in [0, 0.05) is 69.0 Å². The van der Waals surface area contributed by atoms with Crippen molar-refractivity contribution in [1.29, 1.82) is 0 Å². The van der Waals surface area contributed by atoms with E-state index >= 15 is 0 Å². The number of aromatic nitrogens is 1. The van der Waals surface area contributed by atoms with Crippen LogP contribution in [0.1, 0.15) is 41.7 Å². The van der Waals surface area contributed by atoms with Crippen molar-refractivity contribution in [3.05, 3.63) is 78.0 Å². The average molecular weight is 776 g/mol. The molecule has 3 amide bonds. The van der Waals surface area contributed by atoms with Gasteiger partial charge in [0.2, 0.25) is 0 Å². The third kappa shape index (κ3) is 10.1. The van der Waals surface area contributed by atoms with Crippen molar-refractivity contribution in [2.24, 2.45) is 5.92 Å². The number of halogens is 1. The molecule has 13 nitrogen and oxygen atoms in total. The molecule has 0 radical (unpaired) electrons. The lowest BCUT2D eigenvalue weighted by Gasteiger charge is -2.25. The third-order valence-electron chi connectivity index (χ3n) is 9.87. The van der Waals surface area contributed by atoms with E-state index in [-0.39, 0.29) is 19.0 Å². The number of H-pyrrole nitrogens is 1. The minimum absolute atomic E-state index is 0.169. The van der Waals surface area contributed by atoms with E-state index in [1.54, 1.807) is 25.1 Å². The molecule has 1 aromatic heterocycles. The molecule has 294 valence electrons. The first-order valence-electron chi connectivity index (χ1n) is 18.4. The van der Waals surface area contributed by atoms with Crippen LogP contribution in [-0.2, 0) is 16.0 Å². The van der Waals surface area contributed by atoms with Gasteiger partial charge in [-0.25, -0.2) is 9.59 Å². The number of amides is 3. The molecule has 0 spiro atoms. The fourth-order valence-corrected chi connectivity index (χ4v) is 6.71. The highest BCUT2D eigenvalue weighted by Gasteiger charge is 2.30. The number of nitrogens with zero attached hydrogens (tertiary/aromatic N) is 4. The van der Waals surface area contributed by atoms with Gasteiger partial charge in [-0.15, -0.1) is 11.6 Å². The number of rotatable bonds is 11. The maximum atomic E-state index is 14.0. The van der Waals surface area contributed by atoms with Crippen LogP contribution < -0.4 is 14.4 Å². The molecule has 2 atom stereocenters. The monoisotopic (exact) mass is 775 g/mol. The van der Waals surface area contributed by atoms with E-state index in [4.69, 9.17) is 14.2 Å². The van der Waals surface area contributed by atoms with E-state index in [1.165, 1.54) is 16.2 Å². The summed E-state index contributed by atoms with van der Waals surface area (Å²) in [5, 5.41) is 11.9. The summed E-state index contributed by atoms with van der Waals surface area (Å²) in [6, 6.07) is 17.0. The number of ether oxygens (including phenoxy) is 3. The van der Waals surface area contributed by atoms with Gasteiger partial charge < -0.3 is 43.9 Å². The molecule has 3 aromatic carbocycles. The standard InChI is InChI=1S/C40H47N5O8.CH3Cl/c1-42(2)21-22-51-29-15-16-33-27(23-29)24-34(41-33)37(46)45-18-17-31-30-11-7-8-12-32(30)36(25-35(31)45)53-40(50)44(4)20-19-43(3)39(49)52-28-10-6-5-9-26(13-14-28)38(47)48;1-2/h6-8,10-12,15-16,23-26,28,41H,5,9,13-14,17-22H2,1-4H3,(H,47,48);1H3/b10-6+;. The Kier molecular flexibility index (Phi) is 14.0. The minimum atomic E-state index is -0.835. The van der Waals surface area contributed by atoms with E-state index in [0.717, 1.165) is 39.5 Å². The number of carboxylic acid groups (broad SMARTS) is 1. The highest BCUT2D eigenvalue weighted by molar-refractivity contribution is 6.15. The number of carboxylic acids is 1. The maximum absolute atomic E-state index is 14.0. The van der Waals surface area contributed by atoms with Crippen molar-refractivity contribution >= 4 is 63.0 Å². The maximum Gasteiger partial charge on any atom is 0.415 e. The second-order valence-electron chi connectivity index (χ2n) is 14.0. The topological polar surface area (TPSA) is 145 Å². The van der Waals surface area contributed by atoms with Crippen LogP contribution in [0.2, 0.25) is 0 Å². The fourth-order valence-electron chi connectivity index (χ4n) is 6.71. The number of alkyl halides is 1. The van der Waals surface area contributed by atoms with Crippen molar-refractivity contribution in [3.63, 3.8) is 0 Å². The number of aromatic amines is 1. The molecule has 0 saturated carbocycles. The first-order chi connectivity index (χ1) is 26.5. The quantitative estimate of drug-likeness (QED) is 0.121. The molecule has 6 rings (SSSR count). The van der Waals surface area contributed by atoms with Crippen LogP contribution in [0.5, 0.6) is 11.5 Å². The van der Waals surface area contributed by atoms with Gasteiger partial charge in [0.25, 0.3) is 5.91 Å². The predicted octanol–water partition coefficient (Wildman–Crippen LogP) is 7.02. The summed E-state index contributed by atoms with van der Waals surface area (Å²) in [7, 11) is 7.15. The molecule has 55 heavy (non-hydrogen) atoms. The Morgan fingerprint density at radius 3 is 2.35 bits per heavy atom. The summed E-state index contributed by atoms with van der Waals surface area (Å²) in [6.45, 7) is 2.17. The lowest BCUT2D eigenvalue weighted by molar-refractivity contribution is -0.142. The van der Waals surface area contributed by atoms with Crippen molar-refractivity contribution in [2.45, 2.75) is 38.2 Å². The van der Waals surface area contributed by atoms with E-state index in [1.807, 2.05) is 79.7 Å². The molecule has 0 fully saturated rings. The summed E-state index contributed by atoms with van der Waals surface area (Å²) in [6.07, 6.45) is 6.12. The van der Waals surface area contributed by atoms with E-state index in [2.05, 4.69) is 16.6 Å². The van der Waals surface area contributed by atoms with Crippen LogP contribution in [0.25, 0.3) is 21.7 Å². The summed E-state index contributed by atoms with van der Waals surface area (Å²) in [5.41, 5.74) is 2.97. The number of hydrogen-bond donors (Lipinski definition) is 2. The van der Waals surface area contributed by atoms with Gasteiger partial charge in [-0.2, -0.15) is 0 Å². The third-order valence-corrected chi connectivity index (χ3v) is 9.87. The van der Waals surface area contributed by atoms with Crippen LogP contribution in [0, 0.1) is 5.92 Å².